The van der Waals surface area contributed by atoms with E-state index in [1.807, 2.05) is 30.4 Å². The second kappa shape index (κ2) is 4.63. The standard InChI is InChI=1S/C14H16O3/c1-16-13-10-11(6-7-12(13)15)14(17-2)8-4-3-5-9-14/h3-8,10,15H,9H2,1-2H3. The van der Waals surface area contributed by atoms with Gasteiger partial charge in [-0.15, -0.1) is 0 Å². The lowest BCUT2D eigenvalue weighted by atomic mass is 9.87. The second-order valence-corrected chi connectivity index (χ2v) is 3.97. The van der Waals surface area contributed by atoms with Crippen molar-refractivity contribution in [1.82, 2.24) is 0 Å². The third kappa shape index (κ3) is 2.06. The highest BCUT2D eigenvalue weighted by molar-refractivity contribution is 5.45. The van der Waals surface area contributed by atoms with Crippen molar-refractivity contribution in [3.63, 3.8) is 0 Å². The molecule has 0 amide bonds. The van der Waals surface area contributed by atoms with E-state index in [0.29, 0.717) is 5.75 Å². The van der Waals surface area contributed by atoms with Gasteiger partial charge >= 0.3 is 0 Å². The van der Waals surface area contributed by atoms with Gasteiger partial charge in [0, 0.05) is 13.5 Å². The monoisotopic (exact) mass is 232 g/mol. The molecule has 0 aromatic heterocycles. The molecular weight excluding hydrogens is 216 g/mol. The van der Waals surface area contributed by atoms with E-state index in [4.69, 9.17) is 9.47 Å². The first kappa shape index (κ1) is 11.7. The third-order valence-electron chi connectivity index (χ3n) is 3.07. The van der Waals surface area contributed by atoms with E-state index in [1.54, 1.807) is 13.2 Å². The molecule has 3 nitrogen and oxygen atoms in total. The highest BCUT2D eigenvalue weighted by Gasteiger charge is 2.29. The Bertz CT molecular complexity index is 463. The fourth-order valence-electron chi connectivity index (χ4n) is 2.02. The quantitative estimate of drug-likeness (QED) is 0.870. The average molecular weight is 232 g/mol. The molecule has 1 atom stereocenters. The minimum Gasteiger partial charge on any atom is -0.504 e. The van der Waals surface area contributed by atoms with E-state index in [1.165, 1.54) is 7.11 Å². The van der Waals surface area contributed by atoms with Crippen LogP contribution in [0.3, 0.4) is 0 Å². The van der Waals surface area contributed by atoms with Gasteiger partial charge in [-0.1, -0.05) is 24.3 Å². The molecule has 1 aromatic rings. The highest BCUT2D eigenvalue weighted by Crippen LogP contribution is 2.37. The summed E-state index contributed by atoms with van der Waals surface area (Å²) in [5.74, 6) is 0.597. The van der Waals surface area contributed by atoms with Crippen molar-refractivity contribution in [3.8, 4) is 11.5 Å². The average Bonchev–Trinajstić information content (AvgIpc) is 2.40. The van der Waals surface area contributed by atoms with E-state index in [0.717, 1.165) is 12.0 Å². The van der Waals surface area contributed by atoms with Crippen LogP contribution in [-0.2, 0) is 10.3 Å². The maximum absolute atomic E-state index is 9.59. The van der Waals surface area contributed by atoms with Gasteiger partial charge in [-0.3, -0.25) is 0 Å². The summed E-state index contributed by atoms with van der Waals surface area (Å²) >= 11 is 0. The highest BCUT2D eigenvalue weighted by atomic mass is 16.5. The maximum atomic E-state index is 9.59. The van der Waals surface area contributed by atoms with E-state index >= 15 is 0 Å². The van der Waals surface area contributed by atoms with Gasteiger partial charge in [0.1, 0.15) is 5.60 Å². The number of rotatable bonds is 3. The molecule has 1 aliphatic carbocycles. The van der Waals surface area contributed by atoms with Gasteiger partial charge in [-0.2, -0.15) is 0 Å². The van der Waals surface area contributed by atoms with E-state index in [9.17, 15) is 5.11 Å². The Morgan fingerprint density at radius 2 is 2.06 bits per heavy atom. The van der Waals surface area contributed by atoms with Crippen molar-refractivity contribution in [2.24, 2.45) is 0 Å². The van der Waals surface area contributed by atoms with Crippen molar-refractivity contribution >= 4 is 0 Å². The molecule has 90 valence electrons. The number of phenols is 1. The second-order valence-electron chi connectivity index (χ2n) is 3.97. The summed E-state index contributed by atoms with van der Waals surface area (Å²) < 4.78 is 10.7. The van der Waals surface area contributed by atoms with Crippen molar-refractivity contribution < 1.29 is 14.6 Å². The van der Waals surface area contributed by atoms with Gasteiger partial charge in [0.25, 0.3) is 0 Å². The molecule has 3 heteroatoms. The summed E-state index contributed by atoms with van der Waals surface area (Å²) in [6, 6.07) is 5.29. The van der Waals surface area contributed by atoms with Crippen LogP contribution in [0.2, 0.25) is 0 Å². The molecule has 1 unspecified atom stereocenters. The van der Waals surface area contributed by atoms with E-state index < -0.39 is 5.60 Å². The van der Waals surface area contributed by atoms with Gasteiger partial charge in [-0.05, 0) is 23.8 Å². The topological polar surface area (TPSA) is 38.7 Å². The van der Waals surface area contributed by atoms with Crippen LogP contribution >= 0.6 is 0 Å². The molecule has 0 spiro atoms. The minimum atomic E-state index is -0.463. The van der Waals surface area contributed by atoms with E-state index in [2.05, 4.69) is 6.08 Å². The lowest BCUT2D eigenvalue weighted by molar-refractivity contribution is 0.0305. The van der Waals surface area contributed by atoms with Gasteiger partial charge in [0.2, 0.25) is 0 Å². The number of allylic oxidation sites excluding steroid dienone is 2. The fourth-order valence-corrected chi connectivity index (χ4v) is 2.02. The lowest BCUT2D eigenvalue weighted by Gasteiger charge is -2.30. The Balaban J connectivity index is 2.44. The van der Waals surface area contributed by atoms with Crippen LogP contribution in [0, 0.1) is 0 Å². The zero-order valence-corrected chi connectivity index (χ0v) is 10.0. The van der Waals surface area contributed by atoms with Crippen LogP contribution in [0.25, 0.3) is 0 Å². The first-order chi connectivity index (χ1) is 8.22. The van der Waals surface area contributed by atoms with Crippen LogP contribution < -0.4 is 4.74 Å². The van der Waals surface area contributed by atoms with Crippen molar-refractivity contribution in [1.29, 1.82) is 0 Å². The molecule has 17 heavy (non-hydrogen) atoms. The molecule has 1 N–H and O–H groups in total. The summed E-state index contributed by atoms with van der Waals surface area (Å²) in [5, 5.41) is 9.59. The van der Waals surface area contributed by atoms with Crippen molar-refractivity contribution in [2.75, 3.05) is 14.2 Å². The smallest absolute Gasteiger partial charge is 0.160 e. The van der Waals surface area contributed by atoms with Gasteiger partial charge < -0.3 is 14.6 Å². The van der Waals surface area contributed by atoms with Gasteiger partial charge in [-0.25, -0.2) is 0 Å². The summed E-state index contributed by atoms with van der Waals surface area (Å²) in [6.07, 6.45) is 8.80. The number of benzene rings is 1. The Morgan fingerprint density at radius 3 is 2.65 bits per heavy atom. The third-order valence-corrected chi connectivity index (χ3v) is 3.07. The van der Waals surface area contributed by atoms with Crippen molar-refractivity contribution in [2.45, 2.75) is 12.0 Å². The molecule has 0 heterocycles. The van der Waals surface area contributed by atoms with Crippen LogP contribution in [-0.4, -0.2) is 19.3 Å². The molecule has 0 saturated carbocycles. The summed E-state index contributed by atoms with van der Waals surface area (Å²) in [7, 11) is 3.22. The zero-order valence-electron chi connectivity index (χ0n) is 10.0. The Kier molecular flexibility index (Phi) is 3.20. The molecule has 1 aromatic carbocycles. The van der Waals surface area contributed by atoms with Crippen molar-refractivity contribution in [3.05, 3.63) is 48.1 Å². The first-order valence-electron chi connectivity index (χ1n) is 5.49. The SMILES string of the molecule is COc1cc(C2(OC)C=CC=CC2)ccc1O. The molecule has 0 radical (unpaired) electrons. The zero-order chi connectivity index (χ0) is 12.3. The van der Waals surface area contributed by atoms with Gasteiger partial charge in [0.15, 0.2) is 11.5 Å². The van der Waals surface area contributed by atoms with Gasteiger partial charge in [0.05, 0.1) is 7.11 Å². The largest absolute Gasteiger partial charge is 0.504 e. The number of ether oxygens (including phenoxy) is 2. The minimum absolute atomic E-state index is 0.137. The molecule has 0 aliphatic heterocycles. The number of methoxy groups -OCH3 is 2. The Labute approximate surface area is 101 Å². The van der Waals surface area contributed by atoms with Crippen LogP contribution in [0.5, 0.6) is 11.5 Å². The summed E-state index contributed by atoms with van der Waals surface area (Å²) in [5.41, 5.74) is 0.505. The van der Waals surface area contributed by atoms with Crippen LogP contribution in [0.15, 0.2) is 42.5 Å². The number of hydrogen-bond acceptors (Lipinski definition) is 3. The molecular formula is C14H16O3. The van der Waals surface area contributed by atoms with E-state index in [-0.39, 0.29) is 5.75 Å². The predicted molar refractivity (Wildman–Crippen MR) is 66.2 cm³/mol. The summed E-state index contributed by atoms with van der Waals surface area (Å²) in [4.78, 5) is 0. The van der Waals surface area contributed by atoms with Crippen LogP contribution in [0.4, 0.5) is 0 Å². The number of phenolic OH excluding ortho intramolecular Hbond substituents is 1. The molecule has 0 fully saturated rings. The first-order valence-corrected chi connectivity index (χ1v) is 5.49. The predicted octanol–water partition coefficient (Wildman–Crippen LogP) is 2.76. The number of aromatic hydroxyl groups is 1. The van der Waals surface area contributed by atoms with Crippen LogP contribution in [0.1, 0.15) is 12.0 Å². The molecule has 2 rings (SSSR count). The normalized spacial score (nSPS) is 22.7. The molecule has 0 bridgehead atoms. The Morgan fingerprint density at radius 1 is 1.24 bits per heavy atom. The summed E-state index contributed by atoms with van der Waals surface area (Å²) in [6.45, 7) is 0. The Hall–Kier alpha value is -1.74. The molecule has 1 aliphatic rings. The maximum Gasteiger partial charge on any atom is 0.160 e. The molecule has 0 saturated heterocycles. The lowest BCUT2D eigenvalue weighted by Crippen LogP contribution is -2.26. The number of hydrogen-bond donors (Lipinski definition) is 1. The fraction of sp³-hybridized carbons (Fsp3) is 0.286.